The maximum atomic E-state index is 12.3. The monoisotopic (exact) mass is 336 g/mol. The summed E-state index contributed by atoms with van der Waals surface area (Å²) in [6, 6.07) is 5.98. The summed E-state index contributed by atoms with van der Waals surface area (Å²) in [6.07, 6.45) is -0.550. The molecule has 0 saturated carbocycles. The minimum atomic E-state index is -1.17. The van der Waals surface area contributed by atoms with Crippen LogP contribution in [0.25, 0.3) is 0 Å². The van der Waals surface area contributed by atoms with Gasteiger partial charge in [-0.25, -0.2) is 9.59 Å². The lowest BCUT2D eigenvalue weighted by Gasteiger charge is -2.27. The van der Waals surface area contributed by atoms with Gasteiger partial charge in [0.15, 0.2) is 0 Å². The van der Waals surface area contributed by atoms with Gasteiger partial charge in [-0.05, 0) is 12.1 Å². The Labute approximate surface area is 139 Å². The third kappa shape index (κ3) is 3.73. The molecule has 2 saturated heterocycles. The van der Waals surface area contributed by atoms with E-state index < -0.39 is 11.9 Å². The van der Waals surface area contributed by atoms with Gasteiger partial charge in [-0.15, -0.1) is 0 Å². The average molecular weight is 336 g/mol. The van der Waals surface area contributed by atoms with Gasteiger partial charge in [0.05, 0.1) is 30.3 Å². The van der Waals surface area contributed by atoms with E-state index >= 15 is 0 Å². The molecule has 2 atom stereocenters. The van der Waals surface area contributed by atoms with Crippen LogP contribution in [0.2, 0.25) is 0 Å². The number of carboxylic acid groups (broad SMARTS) is 1. The number of nitrogens with one attached hydrogen (secondary N) is 2. The van der Waals surface area contributed by atoms with Crippen molar-refractivity contribution in [2.24, 2.45) is 5.92 Å². The smallest absolute Gasteiger partial charge is 0.339 e. The molecule has 8 nitrogen and oxygen atoms in total. The number of aromatic carboxylic acids is 1. The Bertz CT molecular complexity index is 580. The molecular formula is C16H20N2O6. The first-order chi connectivity index (χ1) is 11.7. The second kappa shape index (κ2) is 7.71. The SMILES string of the molecule is O=C(O)c1ccccc1C(=O)OCC(C1NCCO1)C1NCCO1. The van der Waals surface area contributed by atoms with E-state index in [-0.39, 0.29) is 36.1 Å². The molecule has 1 aromatic carbocycles. The molecule has 3 N–H and O–H groups in total. The largest absolute Gasteiger partial charge is 0.478 e. The number of benzene rings is 1. The Morgan fingerprint density at radius 3 is 2.21 bits per heavy atom. The maximum Gasteiger partial charge on any atom is 0.339 e. The summed E-state index contributed by atoms with van der Waals surface area (Å²) in [5.41, 5.74) is -0.0473. The Hall–Kier alpha value is -2.00. The van der Waals surface area contributed by atoms with E-state index in [0.29, 0.717) is 13.2 Å². The van der Waals surface area contributed by atoms with Crippen molar-refractivity contribution in [1.82, 2.24) is 10.6 Å². The quantitative estimate of drug-likeness (QED) is 0.626. The van der Waals surface area contributed by atoms with E-state index in [9.17, 15) is 9.59 Å². The number of hydrogen-bond acceptors (Lipinski definition) is 7. The van der Waals surface area contributed by atoms with E-state index in [1.165, 1.54) is 12.1 Å². The average Bonchev–Trinajstić information content (AvgIpc) is 3.29. The summed E-state index contributed by atoms with van der Waals surface area (Å²) >= 11 is 0. The fourth-order valence-corrected chi connectivity index (χ4v) is 2.87. The van der Waals surface area contributed by atoms with Gasteiger partial charge in [0.2, 0.25) is 0 Å². The molecule has 2 aliphatic rings. The molecule has 0 aliphatic carbocycles. The molecule has 2 fully saturated rings. The van der Waals surface area contributed by atoms with Crippen LogP contribution in [0.15, 0.2) is 24.3 Å². The molecule has 8 heteroatoms. The maximum absolute atomic E-state index is 12.3. The van der Waals surface area contributed by atoms with E-state index in [0.717, 1.165) is 13.1 Å². The lowest BCUT2D eigenvalue weighted by atomic mass is 10.1. The number of carbonyl (C=O) groups excluding carboxylic acids is 1. The summed E-state index contributed by atoms with van der Waals surface area (Å²) in [6.45, 7) is 2.68. The van der Waals surface area contributed by atoms with Crippen LogP contribution in [-0.4, -0.2) is 62.4 Å². The number of esters is 1. The van der Waals surface area contributed by atoms with Crippen molar-refractivity contribution in [2.45, 2.75) is 12.5 Å². The highest BCUT2D eigenvalue weighted by Crippen LogP contribution is 2.19. The van der Waals surface area contributed by atoms with Crippen molar-refractivity contribution in [2.75, 3.05) is 32.9 Å². The number of rotatable bonds is 6. The van der Waals surface area contributed by atoms with Gasteiger partial charge in [0, 0.05) is 13.1 Å². The summed E-state index contributed by atoms with van der Waals surface area (Å²) in [5.74, 6) is -2.06. The molecule has 2 unspecified atom stereocenters. The minimum absolute atomic E-state index is 0.0318. The number of carboxylic acids is 1. The Morgan fingerprint density at radius 2 is 1.71 bits per heavy atom. The highest BCUT2D eigenvalue weighted by molar-refractivity contribution is 6.02. The number of ether oxygens (including phenoxy) is 3. The Morgan fingerprint density at radius 1 is 1.12 bits per heavy atom. The lowest BCUT2D eigenvalue weighted by Crippen LogP contribution is -2.46. The molecule has 0 radical (unpaired) electrons. The van der Waals surface area contributed by atoms with E-state index in [4.69, 9.17) is 19.3 Å². The Kier molecular flexibility index (Phi) is 5.41. The van der Waals surface area contributed by atoms with E-state index in [2.05, 4.69) is 10.6 Å². The summed E-state index contributed by atoms with van der Waals surface area (Å²) in [7, 11) is 0. The second-order valence-corrected chi connectivity index (χ2v) is 5.60. The summed E-state index contributed by atoms with van der Waals surface area (Å²) in [4.78, 5) is 23.5. The standard InChI is InChI=1S/C16H20N2O6/c19-15(20)10-3-1-2-4-11(10)16(21)24-9-12(13-17-5-7-22-13)14-18-6-8-23-14/h1-4,12-14,17-18H,5-9H2,(H,19,20). The molecule has 2 aliphatic heterocycles. The first-order valence-corrected chi connectivity index (χ1v) is 7.86. The highest BCUT2D eigenvalue weighted by Gasteiger charge is 2.36. The number of hydrogen-bond donors (Lipinski definition) is 3. The zero-order valence-corrected chi connectivity index (χ0v) is 13.1. The van der Waals surface area contributed by atoms with Crippen LogP contribution in [-0.2, 0) is 14.2 Å². The number of carbonyl (C=O) groups is 2. The molecule has 0 spiro atoms. The molecule has 2 heterocycles. The van der Waals surface area contributed by atoms with Crippen LogP contribution in [0.3, 0.4) is 0 Å². The van der Waals surface area contributed by atoms with Crippen LogP contribution in [0, 0.1) is 5.92 Å². The van der Waals surface area contributed by atoms with Crippen LogP contribution >= 0.6 is 0 Å². The van der Waals surface area contributed by atoms with Crippen molar-refractivity contribution in [3.05, 3.63) is 35.4 Å². The van der Waals surface area contributed by atoms with Crippen molar-refractivity contribution in [1.29, 1.82) is 0 Å². The predicted molar refractivity (Wildman–Crippen MR) is 82.7 cm³/mol. The third-order valence-corrected chi connectivity index (χ3v) is 4.05. The van der Waals surface area contributed by atoms with Gasteiger partial charge in [-0.1, -0.05) is 12.1 Å². The van der Waals surface area contributed by atoms with Crippen LogP contribution in [0.5, 0.6) is 0 Å². The van der Waals surface area contributed by atoms with Crippen LogP contribution < -0.4 is 10.6 Å². The minimum Gasteiger partial charge on any atom is -0.478 e. The molecule has 0 aromatic heterocycles. The normalized spacial score (nSPS) is 24.7. The first kappa shape index (κ1) is 16.8. The lowest BCUT2D eigenvalue weighted by molar-refractivity contribution is -0.0585. The molecule has 24 heavy (non-hydrogen) atoms. The van der Waals surface area contributed by atoms with E-state index in [1.54, 1.807) is 12.1 Å². The fourth-order valence-electron chi connectivity index (χ4n) is 2.87. The van der Waals surface area contributed by atoms with Gasteiger partial charge >= 0.3 is 11.9 Å². The Balaban J connectivity index is 1.67. The molecule has 3 rings (SSSR count). The van der Waals surface area contributed by atoms with Gasteiger partial charge in [0.25, 0.3) is 0 Å². The molecule has 0 bridgehead atoms. The predicted octanol–water partition coefficient (Wildman–Crippen LogP) is 0.0496. The second-order valence-electron chi connectivity index (χ2n) is 5.60. The highest BCUT2D eigenvalue weighted by atomic mass is 16.6. The zero-order chi connectivity index (χ0) is 16.9. The fraction of sp³-hybridized carbons (Fsp3) is 0.500. The van der Waals surface area contributed by atoms with Crippen molar-refractivity contribution >= 4 is 11.9 Å². The first-order valence-electron chi connectivity index (χ1n) is 7.86. The topological polar surface area (TPSA) is 106 Å². The summed E-state index contributed by atoms with van der Waals surface area (Å²) in [5, 5.41) is 15.6. The van der Waals surface area contributed by atoms with Gasteiger partial charge < -0.3 is 19.3 Å². The van der Waals surface area contributed by atoms with E-state index in [1.807, 2.05) is 0 Å². The van der Waals surface area contributed by atoms with Gasteiger partial charge in [-0.2, -0.15) is 0 Å². The van der Waals surface area contributed by atoms with Crippen LogP contribution in [0.4, 0.5) is 0 Å². The molecule has 130 valence electrons. The zero-order valence-electron chi connectivity index (χ0n) is 13.1. The van der Waals surface area contributed by atoms with Crippen molar-refractivity contribution < 1.29 is 28.9 Å². The molecule has 1 aromatic rings. The van der Waals surface area contributed by atoms with Gasteiger partial charge in [-0.3, -0.25) is 10.6 Å². The third-order valence-electron chi connectivity index (χ3n) is 4.05. The summed E-state index contributed by atoms with van der Waals surface area (Å²) < 4.78 is 16.6. The molecular weight excluding hydrogens is 316 g/mol. The van der Waals surface area contributed by atoms with Gasteiger partial charge in [0.1, 0.15) is 19.1 Å². The van der Waals surface area contributed by atoms with Crippen molar-refractivity contribution in [3.63, 3.8) is 0 Å². The molecule has 0 amide bonds. The van der Waals surface area contributed by atoms with Crippen LogP contribution in [0.1, 0.15) is 20.7 Å². The van der Waals surface area contributed by atoms with Crippen molar-refractivity contribution in [3.8, 4) is 0 Å².